The van der Waals surface area contributed by atoms with Gasteiger partial charge in [-0.1, -0.05) is 36.4 Å². The van der Waals surface area contributed by atoms with Gasteiger partial charge in [-0.15, -0.1) is 0 Å². The number of rotatable bonds is 7. The van der Waals surface area contributed by atoms with Crippen LogP contribution in [0.5, 0.6) is 23.0 Å². The van der Waals surface area contributed by atoms with Crippen LogP contribution >= 0.6 is 0 Å². The van der Waals surface area contributed by atoms with Gasteiger partial charge in [0.1, 0.15) is 29.6 Å². The zero-order chi connectivity index (χ0) is 26.1. The molecule has 0 aliphatic carbocycles. The van der Waals surface area contributed by atoms with Crippen LogP contribution in [0.4, 0.5) is 0 Å². The number of hydrogen-bond donors (Lipinski definition) is 0. The summed E-state index contributed by atoms with van der Waals surface area (Å²) in [6, 6.07) is 20.8. The van der Waals surface area contributed by atoms with Crippen molar-refractivity contribution in [3.63, 3.8) is 0 Å². The smallest absolute Gasteiger partial charge is 0.131 e. The molecule has 0 unspecified atom stereocenters. The van der Waals surface area contributed by atoms with Crippen molar-refractivity contribution in [3.8, 4) is 34.1 Å². The van der Waals surface area contributed by atoms with E-state index in [2.05, 4.69) is 51.1 Å². The fourth-order valence-electron chi connectivity index (χ4n) is 5.43. The largest absolute Gasteiger partial charge is 0.496 e. The molecule has 0 saturated carbocycles. The van der Waals surface area contributed by atoms with Gasteiger partial charge in [-0.3, -0.25) is 4.99 Å². The molecule has 5 nitrogen and oxygen atoms in total. The molecule has 0 aromatic heterocycles. The molecule has 0 saturated heterocycles. The number of aryl methyl sites for hydroxylation is 1. The lowest BCUT2D eigenvalue weighted by Crippen LogP contribution is -2.19. The lowest BCUT2D eigenvalue weighted by Gasteiger charge is -2.27. The van der Waals surface area contributed by atoms with Crippen molar-refractivity contribution in [2.24, 2.45) is 4.99 Å². The molecule has 1 aliphatic rings. The molecular formula is C32H33NO4. The SMILES string of the molecule is COc1cc(OC)c(-c2ccc(OCc3ccccc3)c3c(OC)cc(C)cc23)c2c1C(C)=N[C@H](C)C2. The number of benzene rings is 4. The van der Waals surface area contributed by atoms with E-state index < -0.39 is 0 Å². The molecule has 0 spiro atoms. The van der Waals surface area contributed by atoms with Crippen molar-refractivity contribution < 1.29 is 18.9 Å². The molecule has 0 bridgehead atoms. The van der Waals surface area contributed by atoms with E-state index in [0.29, 0.717) is 6.61 Å². The molecule has 5 heteroatoms. The monoisotopic (exact) mass is 495 g/mol. The van der Waals surface area contributed by atoms with Gasteiger partial charge in [-0.2, -0.15) is 0 Å². The number of nitrogens with zero attached hydrogens (tertiary/aromatic N) is 1. The van der Waals surface area contributed by atoms with E-state index in [1.54, 1.807) is 21.3 Å². The van der Waals surface area contributed by atoms with Crippen LogP contribution in [0.15, 0.2) is 65.7 Å². The van der Waals surface area contributed by atoms with Crippen molar-refractivity contribution >= 4 is 16.5 Å². The first-order valence-electron chi connectivity index (χ1n) is 12.6. The average molecular weight is 496 g/mol. The van der Waals surface area contributed by atoms with Gasteiger partial charge in [0.2, 0.25) is 0 Å². The molecule has 0 radical (unpaired) electrons. The molecule has 1 aliphatic heterocycles. The highest BCUT2D eigenvalue weighted by Crippen LogP contribution is 2.48. The summed E-state index contributed by atoms with van der Waals surface area (Å²) in [5.41, 5.74) is 7.58. The summed E-state index contributed by atoms with van der Waals surface area (Å²) >= 11 is 0. The topological polar surface area (TPSA) is 49.3 Å². The first-order chi connectivity index (χ1) is 17.9. The first kappa shape index (κ1) is 24.7. The minimum absolute atomic E-state index is 0.166. The second-order valence-corrected chi connectivity index (χ2v) is 9.55. The third-order valence-electron chi connectivity index (χ3n) is 6.98. The molecule has 0 amide bonds. The number of fused-ring (bicyclic) bond motifs is 2. The highest BCUT2D eigenvalue weighted by Gasteiger charge is 2.28. The maximum absolute atomic E-state index is 6.37. The van der Waals surface area contributed by atoms with Gasteiger partial charge >= 0.3 is 0 Å². The molecule has 0 N–H and O–H groups in total. The summed E-state index contributed by atoms with van der Waals surface area (Å²) in [5, 5.41) is 2.00. The lowest BCUT2D eigenvalue weighted by molar-refractivity contribution is 0.308. The fourth-order valence-corrected chi connectivity index (χ4v) is 5.43. The van der Waals surface area contributed by atoms with Gasteiger partial charge in [-0.05, 0) is 73.0 Å². The summed E-state index contributed by atoms with van der Waals surface area (Å²) < 4.78 is 24.0. The predicted molar refractivity (Wildman–Crippen MR) is 150 cm³/mol. The third kappa shape index (κ3) is 4.50. The van der Waals surface area contributed by atoms with Crippen LogP contribution in [-0.4, -0.2) is 33.1 Å². The molecule has 1 heterocycles. The van der Waals surface area contributed by atoms with Gasteiger partial charge in [0.05, 0.1) is 32.8 Å². The maximum Gasteiger partial charge on any atom is 0.131 e. The third-order valence-corrected chi connectivity index (χ3v) is 6.98. The molecule has 4 aromatic rings. The van der Waals surface area contributed by atoms with Crippen molar-refractivity contribution in [2.45, 2.75) is 39.8 Å². The van der Waals surface area contributed by atoms with E-state index in [-0.39, 0.29) is 6.04 Å². The van der Waals surface area contributed by atoms with Crippen LogP contribution in [0.2, 0.25) is 0 Å². The number of aliphatic imine (C=N–C) groups is 1. The van der Waals surface area contributed by atoms with Crippen LogP contribution in [0.3, 0.4) is 0 Å². The molecule has 4 aromatic carbocycles. The highest BCUT2D eigenvalue weighted by molar-refractivity contribution is 6.09. The second-order valence-electron chi connectivity index (χ2n) is 9.55. The van der Waals surface area contributed by atoms with Crippen LogP contribution in [-0.2, 0) is 13.0 Å². The molecular weight excluding hydrogens is 462 g/mol. The second kappa shape index (κ2) is 10.2. The fraction of sp³-hybridized carbons (Fsp3) is 0.281. The number of methoxy groups -OCH3 is 3. The Morgan fingerprint density at radius 3 is 2.19 bits per heavy atom. The zero-order valence-electron chi connectivity index (χ0n) is 22.3. The minimum Gasteiger partial charge on any atom is -0.496 e. The Morgan fingerprint density at radius 1 is 0.784 bits per heavy atom. The van der Waals surface area contributed by atoms with Gasteiger partial charge < -0.3 is 18.9 Å². The van der Waals surface area contributed by atoms with E-state index >= 15 is 0 Å². The summed E-state index contributed by atoms with van der Waals surface area (Å²) in [6.45, 7) is 6.76. The number of ether oxygens (including phenoxy) is 4. The molecule has 5 rings (SSSR count). The molecule has 1 atom stereocenters. The van der Waals surface area contributed by atoms with Crippen molar-refractivity contribution in [2.75, 3.05) is 21.3 Å². The minimum atomic E-state index is 0.166. The quantitative estimate of drug-likeness (QED) is 0.273. The van der Waals surface area contributed by atoms with Gasteiger partial charge in [-0.25, -0.2) is 0 Å². The summed E-state index contributed by atoms with van der Waals surface area (Å²) in [4.78, 5) is 4.85. The van der Waals surface area contributed by atoms with Gasteiger partial charge in [0, 0.05) is 22.9 Å². The Labute approximate surface area is 218 Å². The van der Waals surface area contributed by atoms with Crippen LogP contribution in [0.25, 0.3) is 21.9 Å². The first-order valence-corrected chi connectivity index (χ1v) is 12.6. The standard InChI is InChI=1S/C32H33NO4/c1-19-14-24-23(31-25-16-20(2)33-21(3)30(25)28(35-5)17-29(31)36-6)12-13-26(32(24)27(15-19)34-4)37-18-22-10-8-7-9-11-22/h7-15,17,20H,16,18H2,1-6H3/t20-/m1/s1. The Kier molecular flexibility index (Phi) is 6.79. The van der Waals surface area contributed by atoms with E-state index in [1.807, 2.05) is 30.3 Å². The van der Waals surface area contributed by atoms with E-state index in [0.717, 1.165) is 73.7 Å². The van der Waals surface area contributed by atoms with E-state index in [4.69, 9.17) is 23.9 Å². The Morgan fingerprint density at radius 2 is 1.49 bits per heavy atom. The van der Waals surface area contributed by atoms with Crippen molar-refractivity contribution in [1.29, 1.82) is 0 Å². The predicted octanol–water partition coefficient (Wildman–Crippen LogP) is 7.17. The lowest BCUT2D eigenvalue weighted by atomic mass is 9.84. The van der Waals surface area contributed by atoms with Crippen LogP contribution in [0, 0.1) is 6.92 Å². The normalized spacial score (nSPS) is 14.6. The van der Waals surface area contributed by atoms with E-state index in [1.165, 1.54) is 5.56 Å². The van der Waals surface area contributed by atoms with Gasteiger partial charge in [0.25, 0.3) is 0 Å². The Bertz CT molecular complexity index is 1490. The van der Waals surface area contributed by atoms with Gasteiger partial charge in [0.15, 0.2) is 0 Å². The average Bonchev–Trinajstić information content (AvgIpc) is 2.90. The zero-order valence-corrected chi connectivity index (χ0v) is 22.3. The van der Waals surface area contributed by atoms with Crippen LogP contribution < -0.4 is 18.9 Å². The molecule has 37 heavy (non-hydrogen) atoms. The Balaban J connectivity index is 1.77. The highest BCUT2D eigenvalue weighted by atomic mass is 16.5. The van der Waals surface area contributed by atoms with E-state index in [9.17, 15) is 0 Å². The maximum atomic E-state index is 6.37. The summed E-state index contributed by atoms with van der Waals surface area (Å²) in [7, 11) is 5.12. The summed E-state index contributed by atoms with van der Waals surface area (Å²) in [6.07, 6.45) is 0.798. The summed E-state index contributed by atoms with van der Waals surface area (Å²) in [5.74, 6) is 3.13. The van der Waals surface area contributed by atoms with Crippen LogP contribution in [0.1, 0.15) is 36.1 Å². The Hall–Kier alpha value is -3.99. The molecule has 190 valence electrons. The van der Waals surface area contributed by atoms with Crippen molar-refractivity contribution in [3.05, 3.63) is 82.9 Å². The molecule has 0 fully saturated rings. The van der Waals surface area contributed by atoms with Crippen molar-refractivity contribution in [1.82, 2.24) is 0 Å². The number of hydrogen-bond acceptors (Lipinski definition) is 5.